The monoisotopic (exact) mass is 397 g/mol. The molecule has 0 fully saturated rings. The first-order valence-corrected chi connectivity index (χ1v) is 9.34. The van der Waals surface area contributed by atoms with Crippen LogP contribution in [0.2, 0.25) is 0 Å². The van der Waals surface area contributed by atoms with E-state index >= 15 is 0 Å². The number of ether oxygens (including phenoxy) is 2. The molecule has 8 heteroatoms. The first-order valence-electron chi connectivity index (χ1n) is 8.46. The largest absolute Gasteiger partial charge is 0.493 e. The summed E-state index contributed by atoms with van der Waals surface area (Å²) >= 11 is 1.72. The summed E-state index contributed by atoms with van der Waals surface area (Å²) in [6.45, 7) is 2.53. The van der Waals surface area contributed by atoms with Crippen molar-refractivity contribution in [2.45, 2.75) is 32.4 Å². The van der Waals surface area contributed by atoms with Gasteiger partial charge in [-0.3, -0.25) is 4.99 Å². The van der Waals surface area contributed by atoms with Crippen molar-refractivity contribution in [3.63, 3.8) is 0 Å². The summed E-state index contributed by atoms with van der Waals surface area (Å²) in [5, 5.41) is 8.55. The second-order valence-corrected chi connectivity index (χ2v) is 7.45. The minimum atomic E-state index is -2.91. The molecular weight excluding hydrogens is 372 g/mol. The molecule has 27 heavy (non-hydrogen) atoms. The number of alkyl halides is 2. The number of nitrogens with zero attached hydrogens (tertiary/aromatic N) is 1. The highest BCUT2D eigenvalue weighted by atomic mass is 32.1. The predicted octanol–water partition coefficient (Wildman–Crippen LogP) is 4.00. The van der Waals surface area contributed by atoms with Crippen LogP contribution in [0.4, 0.5) is 8.78 Å². The zero-order valence-corrected chi connectivity index (χ0v) is 16.7. The van der Waals surface area contributed by atoms with E-state index in [0.717, 1.165) is 5.56 Å². The Morgan fingerprint density at radius 1 is 1.22 bits per heavy atom. The number of aliphatic imine (C=N–C) groups is 1. The van der Waals surface area contributed by atoms with Gasteiger partial charge in [0.2, 0.25) is 0 Å². The highest BCUT2D eigenvalue weighted by Gasteiger charge is 2.22. The molecule has 148 valence electrons. The quantitative estimate of drug-likeness (QED) is 0.522. The highest BCUT2D eigenvalue weighted by Crippen LogP contribution is 2.29. The second kappa shape index (κ2) is 9.55. The molecule has 0 aliphatic rings. The van der Waals surface area contributed by atoms with E-state index < -0.39 is 6.61 Å². The lowest BCUT2D eigenvalue weighted by atomic mass is 9.91. The topological polar surface area (TPSA) is 54.9 Å². The average Bonchev–Trinajstić information content (AvgIpc) is 3.17. The van der Waals surface area contributed by atoms with Crippen molar-refractivity contribution < 1.29 is 18.3 Å². The van der Waals surface area contributed by atoms with Crippen molar-refractivity contribution >= 4 is 17.3 Å². The number of hydrogen-bond acceptors (Lipinski definition) is 4. The second-order valence-electron chi connectivity index (χ2n) is 6.50. The number of guanidine groups is 1. The zero-order chi connectivity index (χ0) is 19.9. The number of hydrogen-bond donors (Lipinski definition) is 2. The molecule has 0 atom stereocenters. The molecule has 2 aromatic rings. The third-order valence-corrected chi connectivity index (χ3v) is 5.25. The minimum absolute atomic E-state index is 0.00794. The van der Waals surface area contributed by atoms with Crippen LogP contribution in [0.25, 0.3) is 0 Å². The molecule has 0 bridgehead atoms. The third-order valence-electron chi connectivity index (χ3n) is 4.01. The lowest BCUT2D eigenvalue weighted by Crippen LogP contribution is -2.42. The van der Waals surface area contributed by atoms with E-state index in [2.05, 4.69) is 45.7 Å². The fourth-order valence-corrected chi connectivity index (χ4v) is 3.33. The Kier molecular flexibility index (Phi) is 7.41. The lowest BCUT2D eigenvalue weighted by Gasteiger charge is -2.25. The normalized spacial score (nSPS) is 12.2. The Balaban J connectivity index is 1.96. The van der Waals surface area contributed by atoms with Crippen molar-refractivity contribution in [3.8, 4) is 11.5 Å². The molecule has 2 N–H and O–H groups in total. The third kappa shape index (κ3) is 6.09. The van der Waals surface area contributed by atoms with Crippen molar-refractivity contribution in [1.29, 1.82) is 0 Å². The van der Waals surface area contributed by atoms with Gasteiger partial charge in [0.1, 0.15) is 0 Å². The Bertz CT molecular complexity index is 749. The Morgan fingerprint density at radius 3 is 2.59 bits per heavy atom. The van der Waals surface area contributed by atoms with Gasteiger partial charge in [-0.2, -0.15) is 8.78 Å². The van der Waals surface area contributed by atoms with Crippen LogP contribution >= 0.6 is 11.3 Å². The molecule has 0 spiro atoms. The van der Waals surface area contributed by atoms with E-state index in [4.69, 9.17) is 4.74 Å². The summed E-state index contributed by atoms with van der Waals surface area (Å²) in [5.74, 6) is 0.902. The van der Waals surface area contributed by atoms with Crippen LogP contribution in [0.5, 0.6) is 11.5 Å². The van der Waals surface area contributed by atoms with Crippen LogP contribution in [0.15, 0.2) is 40.7 Å². The Labute approximate surface area is 162 Å². The molecular formula is C19H25F2N3O2S. The van der Waals surface area contributed by atoms with E-state index in [1.807, 2.05) is 6.07 Å². The van der Waals surface area contributed by atoms with Crippen LogP contribution in [0.3, 0.4) is 0 Å². The van der Waals surface area contributed by atoms with Gasteiger partial charge in [0, 0.05) is 30.4 Å². The van der Waals surface area contributed by atoms with Crippen LogP contribution < -0.4 is 20.1 Å². The lowest BCUT2D eigenvalue weighted by molar-refractivity contribution is -0.0512. The van der Waals surface area contributed by atoms with Crippen molar-refractivity contribution in [2.24, 2.45) is 4.99 Å². The molecule has 0 amide bonds. The molecule has 0 saturated heterocycles. The molecule has 1 aromatic carbocycles. The molecule has 2 rings (SSSR count). The number of thiophene rings is 1. The SMILES string of the molecule is CN=C(NCc1ccc(OC)c(OC(F)F)c1)NCC(C)(C)c1cccs1. The molecule has 5 nitrogen and oxygen atoms in total. The molecule has 0 aliphatic heterocycles. The number of halogens is 2. The van der Waals surface area contributed by atoms with Gasteiger partial charge in [0.05, 0.1) is 7.11 Å². The molecule has 0 saturated carbocycles. The standard InChI is InChI=1S/C19H25F2N3O2S/c1-19(2,16-6-5-9-27-16)12-24-18(22-3)23-11-13-7-8-14(25-4)15(10-13)26-17(20)21/h5-10,17H,11-12H2,1-4H3,(H2,22,23,24). The van der Waals surface area contributed by atoms with Crippen LogP contribution in [-0.4, -0.2) is 33.3 Å². The first-order chi connectivity index (χ1) is 12.9. The van der Waals surface area contributed by atoms with Gasteiger partial charge in [-0.1, -0.05) is 26.0 Å². The summed E-state index contributed by atoms with van der Waals surface area (Å²) in [6, 6.07) is 9.07. The molecule has 1 heterocycles. The van der Waals surface area contributed by atoms with Gasteiger partial charge in [-0.05, 0) is 29.1 Å². The maximum absolute atomic E-state index is 12.5. The molecule has 0 aliphatic carbocycles. The van der Waals surface area contributed by atoms with Crippen LogP contribution in [0.1, 0.15) is 24.3 Å². The van der Waals surface area contributed by atoms with E-state index in [1.165, 1.54) is 18.1 Å². The van der Waals surface area contributed by atoms with Gasteiger partial charge in [0.25, 0.3) is 0 Å². The van der Waals surface area contributed by atoms with Gasteiger partial charge in [-0.15, -0.1) is 11.3 Å². The fourth-order valence-electron chi connectivity index (χ4n) is 2.48. The predicted molar refractivity (Wildman–Crippen MR) is 105 cm³/mol. The van der Waals surface area contributed by atoms with Crippen LogP contribution in [-0.2, 0) is 12.0 Å². The van der Waals surface area contributed by atoms with Gasteiger partial charge < -0.3 is 20.1 Å². The van der Waals surface area contributed by atoms with E-state index in [1.54, 1.807) is 30.5 Å². The number of nitrogens with one attached hydrogen (secondary N) is 2. The Morgan fingerprint density at radius 2 is 2.00 bits per heavy atom. The number of methoxy groups -OCH3 is 1. The summed E-state index contributed by atoms with van der Waals surface area (Å²) in [7, 11) is 3.10. The maximum atomic E-state index is 12.5. The van der Waals surface area contributed by atoms with Crippen molar-refractivity contribution in [2.75, 3.05) is 20.7 Å². The molecule has 1 aromatic heterocycles. The Hall–Kier alpha value is -2.35. The van der Waals surface area contributed by atoms with E-state index in [0.29, 0.717) is 19.0 Å². The first kappa shape index (κ1) is 21.0. The van der Waals surface area contributed by atoms with Gasteiger partial charge in [0.15, 0.2) is 17.5 Å². The zero-order valence-electron chi connectivity index (χ0n) is 15.9. The summed E-state index contributed by atoms with van der Waals surface area (Å²) < 4.78 is 34.6. The number of rotatable bonds is 8. The smallest absolute Gasteiger partial charge is 0.387 e. The highest BCUT2D eigenvalue weighted by molar-refractivity contribution is 7.10. The van der Waals surface area contributed by atoms with Crippen molar-refractivity contribution in [1.82, 2.24) is 10.6 Å². The summed E-state index contributed by atoms with van der Waals surface area (Å²) in [6.07, 6.45) is 0. The van der Waals surface area contributed by atoms with Crippen molar-refractivity contribution in [3.05, 3.63) is 46.2 Å². The average molecular weight is 397 g/mol. The van der Waals surface area contributed by atoms with Gasteiger partial charge >= 0.3 is 6.61 Å². The summed E-state index contributed by atoms with van der Waals surface area (Å²) in [5.41, 5.74) is 0.733. The minimum Gasteiger partial charge on any atom is -0.493 e. The molecule has 0 radical (unpaired) electrons. The van der Waals surface area contributed by atoms with E-state index in [-0.39, 0.29) is 16.9 Å². The van der Waals surface area contributed by atoms with E-state index in [9.17, 15) is 8.78 Å². The van der Waals surface area contributed by atoms with Gasteiger partial charge in [-0.25, -0.2) is 0 Å². The fraction of sp³-hybridized carbons (Fsp3) is 0.421. The number of benzene rings is 1. The maximum Gasteiger partial charge on any atom is 0.387 e. The van der Waals surface area contributed by atoms with Crippen LogP contribution in [0, 0.1) is 0 Å². The summed E-state index contributed by atoms with van der Waals surface area (Å²) in [4.78, 5) is 5.50. The molecule has 0 unspecified atom stereocenters.